The quantitative estimate of drug-likeness (QED) is 0.233. The number of anilines is 2. The number of hydrogen-bond acceptors (Lipinski definition) is 8. The Morgan fingerprint density at radius 2 is 1.77 bits per heavy atom. The summed E-state index contributed by atoms with van der Waals surface area (Å²) in [4.78, 5) is 11.2. The van der Waals surface area contributed by atoms with E-state index in [1.807, 2.05) is 12.1 Å². The standard InChI is InChI=1S/C33H36N4O5S/c1-40-26-15-14-25(31(20-26)41-2)23-37(33-34-16-9-17-35-33)43(38,39)27-21-30(28-12-8-19-42-32(28)22-27)36-18-7-6-13-29(36)24-10-4-3-5-11-24/h3-5,9-11,14-17,20-22,29H,6-8,12-13,18-19,23H2,1-2H3. The molecule has 3 aromatic carbocycles. The van der Waals surface area contributed by atoms with E-state index in [0.29, 0.717) is 29.4 Å². The van der Waals surface area contributed by atoms with Gasteiger partial charge in [0.05, 0.1) is 38.3 Å². The molecule has 0 N–H and O–H groups in total. The maximum Gasteiger partial charge on any atom is 0.267 e. The SMILES string of the molecule is COc1ccc(CN(c2ncccn2)S(=O)(=O)c2cc3c(c(N4CCCCC4c4ccccc4)c2)CCCO3)c(OC)c1. The van der Waals surface area contributed by atoms with Crippen LogP contribution in [0.1, 0.15) is 48.4 Å². The van der Waals surface area contributed by atoms with Crippen molar-refractivity contribution < 1.29 is 22.6 Å². The lowest BCUT2D eigenvalue weighted by Gasteiger charge is -2.40. The van der Waals surface area contributed by atoms with Crippen LogP contribution in [0.5, 0.6) is 17.2 Å². The van der Waals surface area contributed by atoms with Crippen LogP contribution in [0.2, 0.25) is 0 Å². The van der Waals surface area contributed by atoms with Crippen LogP contribution in [0.25, 0.3) is 0 Å². The van der Waals surface area contributed by atoms with E-state index in [0.717, 1.165) is 49.9 Å². The molecule has 1 fully saturated rings. The minimum atomic E-state index is -4.15. The van der Waals surface area contributed by atoms with Crippen LogP contribution in [-0.4, -0.2) is 45.8 Å². The van der Waals surface area contributed by atoms with Gasteiger partial charge in [-0.05, 0) is 61.9 Å². The maximum atomic E-state index is 14.6. The van der Waals surface area contributed by atoms with E-state index in [-0.39, 0.29) is 23.4 Å². The van der Waals surface area contributed by atoms with Crippen molar-refractivity contribution in [2.75, 3.05) is 36.6 Å². The first-order valence-electron chi connectivity index (χ1n) is 14.6. The molecule has 9 nitrogen and oxygen atoms in total. The zero-order valence-electron chi connectivity index (χ0n) is 24.5. The van der Waals surface area contributed by atoms with Crippen LogP contribution in [0, 0.1) is 0 Å². The highest BCUT2D eigenvalue weighted by molar-refractivity contribution is 7.92. The highest BCUT2D eigenvalue weighted by Gasteiger charge is 2.34. The summed E-state index contributed by atoms with van der Waals surface area (Å²) >= 11 is 0. The van der Waals surface area contributed by atoms with Crippen molar-refractivity contribution >= 4 is 21.7 Å². The number of methoxy groups -OCH3 is 2. The summed E-state index contributed by atoms with van der Waals surface area (Å²) in [7, 11) is -1.04. The molecule has 1 unspecified atom stereocenters. The van der Waals surface area contributed by atoms with Crippen molar-refractivity contribution in [2.45, 2.75) is 49.6 Å². The van der Waals surface area contributed by atoms with Crippen molar-refractivity contribution in [3.8, 4) is 17.2 Å². The van der Waals surface area contributed by atoms with E-state index in [9.17, 15) is 8.42 Å². The number of fused-ring (bicyclic) bond motifs is 1. The fourth-order valence-electron chi connectivity index (χ4n) is 6.01. The molecule has 0 spiro atoms. The third-order valence-electron chi connectivity index (χ3n) is 8.16. The van der Waals surface area contributed by atoms with Crippen molar-refractivity contribution in [1.82, 2.24) is 9.97 Å². The Kier molecular flexibility index (Phi) is 8.38. The number of rotatable bonds is 9. The van der Waals surface area contributed by atoms with E-state index >= 15 is 0 Å². The van der Waals surface area contributed by atoms with Gasteiger partial charge in [0.25, 0.3) is 10.0 Å². The minimum absolute atomic E-state index is 0.0385. The largest absolute Gasteiger partial charge is 0.497 e. The van der Waals surface area contributed by atoms with Gasteiger partial charge in [-0.3, -0.25) is 0 Å². The highest BCUT2D eigenvalue weighted by atomic mass is 32.2. The number of sulfonamides is 1. The number of aromatic nitrogens is 2. The van der Waals surface area contributed by atoms with Crippen LogP contribution >= 0.6 is 0 Å². The van der Waals surface area contributed by atoms with Gasteiger partial charge in [0, 0.05) is 47.9 Å². The summed E-state index contributed by atoms with van der Waals surface area (Å²) in [6.45, 7) is 1.35. The van der Waals surface area contributed by atoms with Crippen molar-refractivity contribution in [3.05, 3.63) is 95.8 Å². The van der Waals surface area contributed by atoms with E-state index in [4.69, 9.17) is 14.2 Å². The summed E-state index contributed by atoms with van der Waals surface area (Å²) in [5, 5.41) is 0. The van der Waals surface area contributed by atoms with E-state index in [1.54, 1.807) is 44.6 Å². The Morgan fingerprint density at radius 1 is 0.953 bits per heavy atom. The van der Waals surface area contributed by atoms with E-state index < -0.39 is 10.0 Å². The second kappa shape index (κ2) is 12.5. The van der Waals surface area contributed by atoms with Gasteiger partial charge in [0.1, 0.15) is 17.2 Å². The van der Waals surface area contributed by atoms with Crippen LogP contribution in [0.3, 0.4) is 0 Å². The molecule has 6 rings (SSSR count). The Bertz CT molecular complexity index is 1670. The summed E-state index contributed by atoms with van der Waals surface area (Å²) in [6.07, 6.45) is 7.95. The van der Waals surface area contributed by atoms with Crippen molar-refractivity contribution in [3.63, 3.8) is 0 Å². The average Bonchev–Trinajstić information content (AvgIpc) is 3.07. The van der Waals surface area contributed by atoms with Crippen LogP contribution in [0.15, 0.2) is 84.0 Å². The Hall–Kier alpha value is -4.31. The molecule has 1 aromatic heterocycles. The molecule has 10 heteroatoms. The van der Waals surface area contributed by atoms with Crippen molar-refractivity contribution in [2.24, 2.45) is 0 Å². The lowest BCUT2D eigenvalue weighted by Crippen LogP contribution is -2.35. The summed E-state index contributed by atoms with van der Waals surface area (Å²) < 4.78 is 47.6. The molecule has 1 atom stereocenters. The molecule has 1 saturated heterocycles. The third kappa shape index (κ3) is 5.84. The van der Waals surface area contributed by atoms with Gasteiger partial charge in [-0.1, -0.05) is 30.3 Å². The third-order valence-corrected chi connectivity index (χ3v) is 9.86. The first-order chi connectivity index (χ1) is 21.0. The molecule has 0 saturated carbocycles. The monoisotopic (exact) mass is 600 g/mol. The Morgan fingerprint density at radius 3 is 2.53 bits per heavy atom. The first kappa shape index (κ1) is 28.8. The molecule has 0 amide bonds. The summed E-state index contributed by atoms with van der Waals surface area (Å²) in [5.41, 5.74) is 3.86. The minimum Gasteiger partial charge on any atom is -0.497 e. The predicted molar refractivity (Wildman–Crippen MR) is 166 cm³/mol. The number of hydrogen-bond donors (Lipinski definition) is 0. The molecule has 2 aliphatic heterocycles. The highest BCUT2D eigenvalue weighted by Crippen LogP contribution is 2.43. The number of piperidine rings is 1. The number of benzene rings is 3. The maximum absolute atomic E-state index is 14.6. The lowest BCUT2D eigenvalue weighted by molar-refractivity contribution is 0.287. The van der Waals surface area contributed by atoms with Gasteiger partial charge < -0.3 is 19.1 Å². The number of nitrogens with zero attached hydrogens (tertiary/aromatic N) is 4. The van der Waals surface area contributed by atoms with Crippen LogP contribution in [-0.2, 0) is 23.0 Å². The van der Waals surface area contributed by atoms with Crippen molar-refractivity contribution in [1.29, 1.82) is 0 Å². The molecular weight excluding hydrogens is 564 g/mol. The van der Waals surface area contributed by atoms with Gasteiger partial charge in [0.15, 0.2) is 0 Å². The molecule has 0 bridgehead atoms. The topological polar surface area (TPSA) is 94.1 Å². The smallest absolute Gasteiger partial charge is 0.267 e. The molecule has 43 heavy (non-hydrogen) atoms. The van der Waals surface area contributed by atoms with Gasteiger partial charge in [0.2, 0.25) is 5.95 Å². The van der Waals surface area contributed by atoms with E-state index in [2.05, 4.69) is 39.1 Å². The molecule has 2 aliphatic rings. The van der Waals surface area contributed by atoms with Gasteiger partial charge >= 0.3 is 0 Å². The second-order valence-corrected chi connectivity index (χ2v) is 12.6. The molecule has 3 heterocycles. The zero-order chi connectivity index (χ0) is 29.8. The second-order valence-electron chi connectivity index (χ2n) is 10.7. The summed E-state index contributed by atoms with van der Waals surface area (Å²) in [5.74, 6) is 1.80. The fourth-order valence-corrected chi connectivity index (χ4v) is 7.40. The van der Waals surface area contributed by atoms with Gasteiger partial charge in [-0.25, -0.2) is 22.7 Å². The average molecular weight is 601 g/mol. The lowest BCUT2D eigenvalue weighted by atomic mass is 9.93. The van der Waals surface area contributed by atoms with Crippen LogP contribution < -0.4 is 23.4 Å². The normalized spacial score (nSPS) is 16.6. The van der Waals surface area contributed by atoms with Gasteiger partial charge in [-0.2, -0.15) is 0 Å². The van der Waals surface area contributed by atoms with E-state index in [1.165, 1.54) is 22.3 Å². The molecule has 224 valence electrons. The molecule has 0 aliphatic carbocycles. The van der Waals surface area contributed by atoms with Gasteiger partial charge in [-0.15, -0.1) is 0 Å². The Labute approximate surface area is 253 Å². The predicted octanol–water partition coefficient (Wildman–Crippen LogP) is 5.95. The molecule has 0 radical (unpaired) electrons. The Balaban J connectivity index is 1.47. The molecular formula is C33H36N4O5S. The fraction of sp³-hybridized carbons (Fsp3) is 0.333. The number of ether oxygens (including phenoxy) is 3. The van der Waals surface area contributed by atoms with Crippen LogP contribution in [0.4, 0.5) is 11.6 Å². The summed E-state index contributed by atoms with van der Waals surface area (Å²) in [6, 6.07) is 21.1. The zero-order valence-corrected chi connectivity index (χ0v) is 25.3. The molecule has 4 aromatic rings. The first-order valence-corrected chi connectivity index (χ1v) is 16.1.